The lowest BCUT2D eigenvalue weighted by atomic mass is 9.73. The highest BCUT2D eigenvalue weighted by molar-refractivity contribution is 8.14. The van der Waals surface area contributed by atoms with Gasteiger partial charge in [-0.3, -0.25) is 0 Å². The van der Waals surface area contributed by atoms with Crippen LogP contribution in [0.1, 0.15) is 27.7 Å². The van der Waals surface area contributed by atoms with Crippen molar-refractivity contribution in [2.24, 2.45) is 10.8 Å². The first-order chi connectivity index (χ1) is 6.07. The molecule has 0 aromatic carbocycles. The first-order valence-electron chi connectivity index (χ1n) is 4.59. The van der Waals surface area contributed by atoms with Crippen LogP contribution in [0.15, 0.2) is 0 Å². The van der Waals surface area contributed by atoms with E-state index in [1.54, 1.807) is 0 Å². The molecule has 1 aliphatic rings. The average Bonchev–Trinajstić information content (AvgIpc) is 1.76. The van der Waals surface area contributed by atoms with Crippen LogP contribution in [-0.2, 0) is 13.8 Å². The van der Waals surface area contributed by atoms with Crippen LogP contribution in [0.3, 0.4) is 0 Å². The molecule has 1 heterocycles. The zero-order chi connectivity index (χ0) is 11.2. The molecule has 3 nitrogen and oxygen atoms in total. The van der Waals surface area contributed by atoms with Crippen LogP contribution in [0.5, 0.6) is 0 Å². The lowest BCUT2D eigenvalue weighted by molar-refractivity contribution is -0.0554. The highest BCUT2D eigenvalue weighted by Gasteiger charge is 2.51. The summed E-state index contributed by atoms with van der Waals surface area (Å²) >= 11 is 0. The fourth-order valence-corrected chi connectivity index (χ4v) is 5.66. The van der Waals surface area contributed by atoms with Gasteiger partial charge in [0.1, 0.15) is 0 Å². The zero-order valence-corrected chi connectivity index (χ0v) is 10.6. The third-order valence-corrected chi connectivity index (χ3v) is 5.02. The van der Waals surface area contributed by atoms with Gasteiger partial charge in [0.25, 0.3) is 0 Å². The van der Waals surface area contributed by atoms with Crippen LogP contribution in [0, 0.1) is 10.8 Å². The van der Waals surface area contributed by atoms with Crippen molar-refractivity contribution in [1.29, 1.82) is 0 Å². The third kappa shape index (κ3) is 2.23. The van der Waals surface area contributed by atoms with Gasteiger partial charge >= 0.3 is 0 Å². The van der Waals surface area contributed by atoms with Gasteiger partial charge in [0.15, 0.2) is 0 Å². The van der Waals surface area contributed by atoms with Crippen LogP contribution < -0.4 is 0 Å². The van der Waals surface area contributed by atoms with Crippen molar-refractivity contribution >= 4 is 19.7 Å². The molecule has 0 N–H and O–H groups in total. The Morgan fingerprint density at radius 3 is 1.71 bits per heavy atom. The van der Waals surface area contributed by atoms with E-state index in [0.29, 0.717) is 13.2 Å². The fraction of sp³-hybridized carbons (Fsp3) is 1.00. The van der Waals surface area contributed by atoms with Crippen LogP contribution in [0.4, 0.5) is 0 Å². The van der Waals surface area contributed by atoms with E-state index in [0.717, 1.165) is 0 Å². The molecule has 0 atom stereocenters. The zero-order valence-electron chi connectivity index (χ0n) is 9.00. The Bertz CT molecular complexity index is 303. The summed E-state index contributed by atoms with van der Waals surface area (Å²) in [7, 11) is 1.95. The second kappa shape index (κ2) is 3.35. The van der Waals surface area contributed by atoms with E-state index < -0.39 is 25.1 Å². The summed E-state index contributed by atoms with van der Waals surface area (Å²) in [6.45, 7) is 8.37. The first-order valence-corrected chi connectivity index (χ1v) is 6.96. The van der Waals surface area contributed by atoms with Crippen LogP contribution >= 0.6 is 10.7 Å². The Hall–Kier alpha value is 0.200. The topological polar surface area (TPSA) is 43.4 Å². The van der Waals surface area contributed by atoms with Crippen molar-refractivity contribution in [2.75, 3.05) is 13.2 Å². The molecule has 0 aromatic heterocycles. The summed E-state index contributed by atoms with van der Waals surface area (Å²) < 4.78 is 28.5. The Morgan fingerprint density at radius 1 is 1.14 bits per heavy atom. The summed E-state index contributed by atoms with van der Waals surface area (Å²) in [5.41, 5.74) is -0.856. The van der Waals surface area contributed by atoms with E-state index in [9.17, 15) is 8.42 Å². The number of rotatable bonds is 1. The summed E-state index contributed by atoms with van der Waals surface area (Å²) in [6, 6.07) is 0. The third-order valence-electron chi connectivity index (χ3n) is 2.65. The molecular formula is C9H17ClO3S. The highest BCUT2D eigenvalue weighted by atomic mass is 35.7. The molecule has 1 rings (SSSR count). The molecule has 0 spiro atoms. The molecule has 1 aliphatic heterocycles. The number of hydrogen-bond donors (Lipinski definition) is 0. The van der Waals surface area contributed by atoms with Gasteiger partial charge in [0.2, 0.25) is 9.05 Å². The van der Waals surface area contributed by atoms with Gasteiger partial charge in [-0.15, -0.1) is 0 Å². The van der Waals surface area contributed by atoms with Gasteiger partial charge in [-0.25, -0.2) is 8.42 Å². The molecular weight excluding hydrogens is 224 g/mol. The molecule has 0 bridgehead atoms. The van der Waals surface area contributed by atoms with E-state index in [-0.39, 0.29) is 0 Å². The minimum absolute atomic E-state index is 0.428. The summed E-state index contributed by atoms with van der Waals surface area (Å²) in [5, 5.41) is -0.557. The van der Waals surface area contributed by atoms with Crippen LogP contribution in [0.2, 0.25) is 0 Å². The predicted octanol–water partition coefficient (Wildman–Crippen LogP) is 2.01. The lowest BCUT2D eigenvalue weighted by Crippen LogP contribution is -2.53. The smallest absolute Gasteiger partial charge is 0.236 e. The fourth-order valence-electron chi connectivity index (χ4n) is 2.55. The molecule has 1 fully saturated rings. The Kier molecular flexibility index (Phi) is 2.94. The maximum atomic E-state index is 11.5. The minimum atomic E-state index is -3.55. The molecule has 0 radical (unpaired) electrons. The normalized spacial score (nSPS) is 27.5. The summed E-state index contributed by atoms with van der Waals surface area (Å²) in [6.07, 6.45) is 0. The standard InChI is InChI=1S/C9H17ClO3S/c1-8(2)5-13-6-9(3,4)7(8)14(10,11)12/h7H,5-6H2,1-4H3. The molecule has 0 unspecified atom stereocenters. The molecule has 14 heavy (non-hydrogen) atoms. The van der Waals surface area contributed by atoms with E-state index in [1.807, 2.05) is 27.7 Å². The lowest BCUT2D eigenvalue weighted by Gasteiger charge is -2.46. The van der Waals surface area contributed by atoms with Crippen molar-refractivity contribution in [3.8, 4) is 0 Å². The average molecular weight is 241 g/mol. The first kappa shape index (κ1) is 12.3. The number of halogens is 1. The Morgan fingerprint density at radius 2 is 1.50 bits per heavy atom. The van der Waals surface area contributed by atoms with E-state index in [2.05, 4.69) is 0 Å². The Labute approximate surface area is 90.2 Å². The van der Waals surface area contributed by atoms with Gasteiger partial charge < -0.3 is 4.74 Å². The molecule has 5 heteroatoms. The monoisotopic (exact) mass is 240 g/mol. The second-order valence-electron chi connectivity index (χ2n) is 5.33. The van der Waals surface area contributed by atoms with E-state index in [4.69, 9.17) is 15.4 Å². The largest absolute Gasteiger partial charge is 0.380 e. The summed E-state index contributed by atoms with van der Waals surface area (Å²) in [5.74, 6) is 0. The predicted molar refractivity (Wildman–Crippen MR) is 56.9 cm³/mol. The van der Waals surface area contributed by atoms with Crippen LogP contribution in [-0.4, -0.2) is 26.9 Å². The molecule has 0 aliphatic carbocycles. The van der Waals surface area contributed by atoms with Gasteiger partial charge in [-0.1, -0.05) is 27.7 Å². The second-order valence-corrected chi connectivity index (χ2v) is 8.04. The molecule has 0 saturated carbocycles. The maximum absolute atomic E-state index is 11.5. The van der Waals surface area contributed by atoms with E-state index >= 15 is 0 Å². The Balaban J connectivity index is 3.17. The highest BCUT2D eigenvalue weighted by Crippen LogP contribution is 2.44. The van der Waals surface area contributed by atoms with Gasteiger partial charge in [-0.05, 0) is 0 Å². The van der Waals surface area contributed by atoms with Crippen molar-refractivity contribution in [1.82, 2.24) is 0 Å². The van der Waals surface area contributed by atoms with E-state index in [1.165, 1.54) is 0 Å². The van der Waals surface area contributed by atoms with Gasteiger partial charge in [0.05, 0.1) is 18.5 Å². The van der Waals surface area contributed by atoms with Gasteiger partial charge in [-0.2, -0.15) is 0 Å². The van der Waals surface area contributed by atoms with Crippen molar-refractivity contribution in [3.63, 3.8) is 0 Å². The van der Waals surface area contributed by atoms with Crippen molar-refractivity contribution in [3.05, 3.63) is 0 Å². The molecule has 1 saturated heterocycles. The minimum Gasteiger partial charge on any atom is -0.380 e. The number of ether oxygens (including phenoxy) is 1. The molecule has 0 aromatic rings. The van der Waals surface area contributed by atoms with Crippen molar-refractivity contribution in [2.45, 2.75) is 32.9 Å². The molecule has 0 amide bonds. The number of hydrogen-bond acceptors (Lipinski definition) is 3. The van der Waals surface area contributed by atoms with Gasteiger partial charge in [0, 0.05) is 21.5 Å². The SMILES string of the molecule is CC1(C)COCC(C)(C)C1S(=O)(=O)Cl. The summed E-state index contributed by atoms with van der Waals surface area (Å²) in [4.78, 5) is 0. The van der Waals surface area contributed by atoms with Crippen molar-refractivity contribution < 1.29 is 13.2 Å². The molecule has 84 valence electrons. The van der Waals surface area contributed by atoms with Crippen LogP contribution in [0.25, 0.3) is 0 Å². The quantitative estimate of drug-likeness (QED) is 0.659. The maximum Gasteiger partial charge on any atom is 0.236 e.